The van der Waals surface area contributed by atoms with E-state index in [1.807, 2.05) is 51.1 Å². The largest absolute Gasteiger partial charge is 0.452 e. The van der Waals surface area contributed by atoms with Crippen molar-refractivity contribution in [3.8, 4) is 0 Å². The zero-order valence-corrected chi connectivity index (χ0v) is 13.0. The van der Waals surface area contributed by atoms with E-state index in [4.69, 9.17) is 4.74 Å². The highest BCUT2D eigenvalue weighted by atomic mass is 16.5. The number of hydrogen-bond donors (Lipinski definition) is 1. The van der Waals surface area contributed by atoms with Gasteiger partial charge in [-0.25, -0.2) is 4.79 Å². The highest BCUT2D eigenvalue weighted by Gasteiger charge is 2.13. The average molecular weight is 297 g/mol. The Morgan fingerprint density at radius 1 is 1.00 bits per heavy atom. The van der Waals surface area contributed by atoms with Crippen molar-refractivity contribution >= 4 is 17.6 Å². The van der Waals surface area contributed by atoms with Gasteiger partial charge in [0.1, 0.15) is 0 Å². The maximum Gasteiger partial charge on any atom is 0.338 e. The number of esters is 1. The molecular formula is C18H19NO3. The second-order valence-corrected chi connectivity index (χ2v) is 5.26. The molecule has 0 spiro atoms. The first-order chi connectivity index (χ1) is 10.5. The van der Waals surface area contributed by atoms with Crippen LogP contribution in [0.2, 0.25) is 0 Å². The molecule has 2 aromatic carbocycles. The molecule has 1 N–H and O–H groups in total. The van der Waals surface area contributed by atoms with Crippen molar-refractivity contribution < 1.29 is 14.3 Å². The number of carbonyl (C=O) groups excluding carboxylic acids is 2. The number of carbonyl (C=O) groups is 2. The smallest absolute Gasteiger partial charge is 0.338 e. The average Bonchev–Trinajstić information content (AvgIpc) is 2.47. The van der Waals surface area contributed by atoms with Gasteiger partial charge in [-0.3, -0.25) is 4.79 Å². The summed E-state index contributed by atoms with van der Waals surface area (Å²) < 4.78 is 5.07. The van der Waals surface area contributed by atoms with Crippen LogP contribution in [0.1, 0.15) is 27.0 Å². The topological polar surface area (TPSA) is 55.4 Å². The van der Waals surface area contributed by atoms with Crippen LogP contribution in [0.15, 0.2) is 42.5 Å². The van der Waals surface area contributed by atoms with Gasteiger partial charge in [0, 0.05) is 5.69 Å². The van der Waals surface area contributed by atoms with Crippen LogP contribution in [0, 0.1) is 20.8 Å². The lowest BCUT2D eigenvalue weighted by Gasteiger charge is -2.10. The normalized spacial score (nSPS) is 10.1. The molecule has 0 aliphatic rings. The van der Waals surface area contributed by atoms with E-state index in [0.717, 1.165) is 22.4 Å². The standard InChI is InChI=1S/C18H19NO3/c1-12-8-9-15(14(3)10-12)18(21)22-11-17(20)19-16-7-5-4-6-13(16)2/h4-10H,11H2,1-3H3,(H,19,20). The second kappa shape index (κ2) is 6.89. The van der Waals surface area contributed by atoms with Crippen LogP contribution in [0.5, 0.6) is 0 Å². The second-order valence-electron chi connectivity index (χ2n) is 5.26. The summed E-state index contributed by atoms with van der Waals surface area (Å²) >= 11 is 0. The van der Waals surface area contributed by atoms with Crippen LogP contribution >= 0.6 is 0 Å². The van der Waals surface area contributed by atoms with Crippen LogP contribution in [-0.2, 0) is 9.53 Å². The molecule has 0 heterocycles. The van der Waals surface area contributed by atoms with Crippen molar-refractivity contribution in [3.63, 3.8) is 0 Å². The number of aryl methyl sites for hydroxylation is 3. The third kappa shape index (κ3) is 3.95. The SMILES string of the molecule is Cc1ccc(C(=O)OCC(=O)Nc2ccccc2C)c(C)c1. The Balaban J connectivity index is 1.93. The molecule has 4 heteroatoms. The van der Waals surface area contributed by atoms with E-state index in [1.165, 1.54) is 0 Å². The van der Waals surface area contributed by atoms with Gasteiger partial charge in [-0.15, -0.1) is 0 Å². The summed E-state index contributed by atoms with van der Waals surface area (Å²) in [5.74, 6) is -0.843. The summed E-state index contributed by atoms with van der Waals surface area (Å²) in [5, 5.41) is 2.72. The summed E-state index contributed by atoms with van der Waals surface area (Å²) in [6.45, 7) is 5.40. The molecule has 0 aliphatic heterocycles. The van der Waals surface area contributed by atoms with E-state index < -0.39 is 5.97 Å². The molecule has 0 bridgehead atoms. The third-order valence-corrected chi connectivity index (χ3v) is 3.36. The Morgan fingerprint density at radius 2 is 1.73 bits per heavy atom. The number of para-hydroxylation sites is 1. The molecule has 4 nitrogen and oxygen atoms in total. The number of hydrogen-bond acceptors (Lipinski definition) is 3. The molecule has 0 atom stereocenters. The van der Waals surface area contributed by atoms with Gasteiger partial charge in [-0.2, -0.15) is 0 Å². The highest BCUT2D eigenvalue weighted by Crippen LogP contribution is 2.14. The van der Waals surface area contributed by atoms with Crippen molar-refractivity contribution in [2.45, 2.75) is 20.8 Å². The Labute approximate surface area is 130 Å². The molecule has 0 saturated carbocycles. The molecule has 1 amide bonds. The fraction of sp³-hybridized carbons (Fsp3) is 0.222. The van der Waals surface area contributed by atoms with Crippen molar-refractivity contribution in [2.75, 3.05) is 11.9 Å². The van der Waals surface area contributed by atoms with Gasteiger partial charge in [0.15, 0.2) is 6.61 Å². The van der Waals surface area contributed by atoms with E-state index in [-0.39, 0.29) is 12.5 Å². The molecular weight excluding hydrogens is 278 g/mol. The van der Waals surface area contributed by atoms with Crippen LogP contribution in [0.3, 0.4) is 0 Å². The summed E-state index contributed by atoms with van der Waals surface area (Å²) in [7, 11) is 0. The number of ether oxygens (including phenoxy) is 1. The number of rotatable bonds is 4. The lowest BCUT2D eigenvalue weighted by molar-refractivity contribution is -0.119. The third-order valence-electron chi connectivity index (χ3n) is 3.36. The predicted molar refractivity (Wildman–Crippen MR) is 86.0 cm³/mol. The fourth-order valence-electron chi connectivity index (χ4n) is 2.15. The van der Waals surface area contributed by atoms with Crippen LogP contribution in [-0.4, -0.2) is 18.5 Å². The van der Waals surface area contributed by atoms with Gasteiger partial charge in [-0.05, 0) is 44.0 Å². The predicted octanol–water partition coefficient (Wildman–Crippen LogP) is 3.41. The summed E-state index contributed by atoms with van der Waals surface area (Å²) in [5.41, 5.74) is 4.07. The fourth-order valence-corrected chi connectivity index (χ4v) is 2.15. The van der Waals surface area contributed by atoms with E-state index in [2.05, 4.69) is 5.32 Å². The van der Waals surface area contributed by atoms with E-state index >= 15 is 0 Å². The minimum absolute atomic E-state index is 0.305. The van der Waals surface area contributed by atoms with E-state index in [9.17, 15) is 9.59 Å². The monoisotopic (exact) mass is 297 g/mol. The van der Waals surface area contributed by atoms with Crippen molar-refractivity contribution in [2.24, 2.45) is 0 Å². The molecule has 0 saturated heterocycles. The number of amides is 1. The molecule has 0 fully saturated rings. The lowest BCUT2D eigenvalue weighted by atomic mass is 10.1. The van der Waals surface area contributed by atoms with Gasteiger partial charge in [0.2, 0.25) is 0 Å². The highest BCUT2D eigenvalue weighted by molar-refractivity contribution is 5.96. The summed E-state index contributed by atoms with van der Waals surface area (Å²) in [4.78, 5) is 23.8. The van der Waals surface area contributed by atoms with Gasteiger partial charge in [0.05, 0.1) is 5.56 Å². The molecule has 0 unspecified atom stereocenters. The molecule has 2 rings (SSSR count). The van der Waals surface area contributed by atoms with Gasteiger partial charge in [-0.1, -0.05) is 35.9 Å². The van der Waals surface area contributed by atoms with Gasteiger partial charge >= 0.3 is 5.97 Å². The van der Waals surface area contributed by atoms with Crippen LogP contribution in [0.25, 0.3) is 0 Å². The Morgan fingerprint density at radius 3 is 2.41 bits per heavy atom. The van der Waals surface area contributed by atoms with Crippen molar-refractivity contribution in [1.82, 2.24) is 0 Å². The summed E-state index contributed by atoms with van der Waals surface area (Å²) in [6, 6.07) is 12.9. The number of benzene rings is 2. The molecule has 22 heavy (non-hydrogen) atoms. The quantitative estimate of drug-likeness (QED) is 0.880. The molecule has 0 aromatic heterocycles. The number of anilines is 1. The molecule has 114 valence electrons. The maximum absolute atomic E-state index is 12.0. The van der Waals surface area contributed by atoms with E-state index in [0.29, 0.717) is 5.56 Å². The number of nitrogens with one attached hydrogen (secondary N) is 1. The first-order valence-electron chi connectivity index (χ1n) is 7.07. The van der Waals surface area contributed by atoms with Crippen LogP contribution in [0.4, 0.5) is 5.69 Å². The lowest BCUT2D eigenvalue weighted by Crippen LogP contribution is -2.21. The minimum Gasteiger partial charge on any atom is -0.452 e. The maximum atomic E-state index is 12.0. The van der Waals surface area contributed by atoms with E-state index in [1.54, 1.807) is 12.1 Å². The van der Waals surface area contributed by atoms with Crippen molar-refractivity contribution in [3.05, 3.63) is 64.7 Å². The minimum atomic E-state index is -0.488. The molecule has 0 aliphatic carbocycles. The Bertz CT molecular complexity index is 707. The first-order valence-corrected chi connectivity index (χ1v) is 7.07. The van der Waals surface area contributed by atoms with Gasteiger partial charge < -0.3 is 10.1 Å². The zero-order valence-electron chi connectivity index (χ0n) is 13.0. The Hall–Kier alpha value is -2.62. The van der Waals surface area contributed by atoms with Gasteiger partial charge in [0.25, 0.3) is 5.91 Å². The summed E-state index contributed by atoms with van der Waals surface area (Å²) in [6.07, 6.45) is 0. The molecule has 0 radical (unpaired) electrons. The Kier molecular flexibility index (Phi) is 4.94. The first kappa shape index (κ1) is 15.8. The zero-order chi connectivity index (χ0) is 16.1. The van der Waals surface area contributed by atoms with Crippen LogP contribution < -0.4 is 5.32 Å². The van der Waals surface area contributed by atoms with Crippen molar-refractivity contribution in [1.29, 1.82) is 0 Å². The molecule has 2 aromatic rings.